The van der Waals surface area contributed by atoms with Crippen molar-refractivity contribution in [1.29, 1.82) is 0 Å². The summed E-state index contributed by atoms with van der Waals surface area (Å²) in [6.07, 6.45) is -0.0307. The van der Waals surface area contributed by atoms with E-state index < -0.39 is 0 Å². The average molecular weight is 199 g/mol. The second-order valence-corrected chi connectivity index (χ2v) is 4.13. The number of hydrogen-bond donors (Lipinski definition) is 0. The molecule has 1 aromatic rings. The van der Waals surface area contributed by atoms with E-state index in [9.17, 15) is 4.79 Å². The largest absolute Gasteiger partial charge is 0.375 e. The fourth-order valence-corrected chi connectivity index (χ4v) is 2.02. The highest BCUT2D eigenvalue weighted by molar-refractivity contribution is 7.11. The Balaban J connectivity index is 3.01. The molecule has 1 unspecified atom stereocenters. The van der Waals surface area contributed by atoms with E-state index in [-0.39, 0.29) is 11.9 Å². The van der Waals surface area contributed by atoms with Crippen LogP contribution in [0.1, 0.15) is 40.3 Å². The molecule has 0 N–H and O–H groups in total. The van der Waals surface area contributed by atoms with Crippen molar-refractivity contribution in [2.45, 2.75) is 26.9 Å². The van der Waals surface area contributed by atoms with Gasteiger partial charge in [0.2, 0.25) is 0 Å². The summed E-state index contributed by atoms with van der Waals surface area (Å²) in [5.74, 6) is 0.0169. The number of carbonyl (C=O) groups excluding carboxylic acids is 1. The summed E-state index contributed by atoms with van der Waals surface area (Å²) in [5, 5.41) is 0.866. The minimum Gasteiger partial charge on any atom is -0.375 e. The first-order chi connectivity index (χ1) is 6.06. The Labute approximate surface area is 81.8 Å². The number of hydrogen-bond acceptors (Lipinski definition) is 4. The van der Waals surface area contributed by atoms with Gasteiger partial charge in [-0.05, 0) is 13.8 Å². The van der Waals surface area contributed by atoms with Gasteiger partial charge >= 0.3 is 0 Å². The molecule has 0 aliphatic carbocycles. The number of carbonyl (C=O) groups is 1. The number of methoxy groups -OCH3 is 1. The molecule has 0 aromatic carbocycles. The van der Waals surface area contributed by atoms with Gasteiger partial charge in [0, 0.05) is 18.9 Å². The van der Waals surface area contributed by atoms with Crippen LogP contribution in [0.15, 0.2) is 0 Å². The predicted octanol–water partition coefficient (Wildman–Crippen LogP) is 2.36. The molecule has 0 bridgehead atoms. The molecule has 0 spiro atoms. The lowest BCUT2D eigenvalue weighted by Crippen LogP contribution is -1.98. The van der Waals surface area contributed by atoms with Crippen LogP contribution >= 0.6 is 11.3 Å². The highest BCUT2D eigenvalue weighted by atomic mass is 32.1. The summed E-state index contributed by atoms with van der Waals surface area (Å²) in [6.45, 7) is 5.35. The van der Waals surface area contributed by atoms with Crippen LogP contribution in [0.25, 0.3) is 0 Å². The fourth-order valence-electron chi connectivity index (χ4n) is 1.02. The number of nitrogens with zero attached hydrogens (tertiary/aromatic N) is 1. The maximum Gasteiger partial charge on any atom is 0.179 e. The molecule has 0 fully saturated rings. The number of ketones is 1. The molecule has 1 atom stereocenters. The number of Topliss-reactive ketones (excluding diaryl/α,β-unsaturated/α-hetero) is 1. The van der Waals surface area contributed by atoms with Crippen LogP contribution in [0.5, 0.6) is 0 Å². The van der Waals surface area contributed by atoms with Crippen LogP contribution in [-0.4, -0.2) is 17.9 Å². The van der Waals surface area contributed by atoms with Crippen molar-refractivity contribution in [1.82, 2.24) is 4.98 Å². The van der Waals surface area contributed by atoms with Gasteiger partial charge in [0.25, 0.3) is 0 Å². The molecule has 0 saturated carbocycles. The van der Waals surface area contributed by atoms with Crippen LogP contribution in [0, 0.1) is 6.92 Å². The third-order valence-corrected chi connectivity index (χ3v) is 2.98. The molecule has 1 rings (SSSR count). The maximum atomic E-state index is 11.1. The van der Waals surface area contributed by atoms with E-state index >= 15 is 0 Å². The average Bonchev–Trinajstić information content (AvgIpc) is 2.46. The van der Waals surface area contributed by atoms with E-state index in [1.54, 1.807) is 7.11 Å². The van der Waals surface area contributed by atoms with Gasteiger partial charge in [0.1, 0.15) is 16.8 Å². The van der Waals surface area contributed by atoms with Crippen LogP contribution in [-0.2, 0) is 4.74 Å². The second-order valence-electron chi connectivity index (χ2n) is 2.89. The number of rotatable bonds is 3. The standard InChI is InChI=1S/C9H13NO2S/c1-5(11)8-7(3)13-9(10-8)6(2)12-4/h6H,1-4H3. The third kappa shape index (κ3) is 2.14. The van der Waals surface area contributed by atoms with Gasteiger partial charge in [-0.1, -0.05) is 0 Å². The van der Waals surface area contributed by atoms with Crippen LogP contribution in [0.2, 0.25) is 0 Å². The zero-order valence-corrected chi connectivity index (χ0v) is 9.07. The van der Waals surface area contributed by atoms with Gasteiger partial charge in [-0.2, -0.15) is 0 Å². The number of aromatic nitrogens is 1. The zero-order valence-electron chi connectivity index (χ0n) is 8.25. The number of thiazole rings is 1. The summed E-state index contributed by atoms with van der Waals surface area (Å²) in [7, 11) is 1.63. The molecular formula is C9H13NO2S. The summed E-state index contributed by atoms with van der Waals surface area (Å²) in [6, 6.07) is 0. The zero-order chi connectivity index (χ0) is 10.0. The molecule has 0 aliphatic rings. The minimum atomic E-state index is -0.0307. The molecule has 1 aromatic heterocycles. The Morgan fingerprint density at radius 2 is 2.23 bits per heavy atom. The molecule has 0 saturated heterocycles. The summed E-state index contributed by atoms with van der Waals surface area (Å²) >= 11 is 1.52. The molecule has 1 heterocycles. The predicted molar refractivity (Wildman–Crippen MR) is 52.3 cm³/mol. The SMILES string of the molecule is COC(C)c1nc(C(C)=O)c(C)s1. The lowest BCUT2D eigenvalue weighted by atomic mass is 10.3. The van der Waals surface area contributed by atoms with E-state index in [1.165, 1.54) is 18.3 Å². The molecule has 0 aliphatic heterocycles. The van der Waals surface area contributed by atoms with Gasteiger partial charge in [0.15, 0.2) is 5.78 Å². The van der Waals surface area contributed by atoms with E-state index in [0.29, 0.717) is 5.69 Å². The molecule has 72 valence electrons. The van der Waals surface area contributed by atoms with Crippen LogP contribution in [0.3, 0.4) is 0 Å². The van der Waals surface area contributed by atoms with Crippen molar-refractivity contribution in [2.24, 2.45) is 0 Å². The molecule has 3 nitrogen and oxygen atoms in total. The van der Waals surface area contributed by atoms with Crippen molar-refractivity contribution in [2.75, 3.05) is 7.11 Å². The van der Waals surface area contributed by atoms with E-state index in [2.05, 4.69) is 4.98 Å². The minimum absolute atomic E-state index is 0.0169. The highest BCUT2D eigenvalue weighted by Crippen LogP contribution is 2.24. The monoisotopic (exact) mass is 199 g/mol. The first-order valence-electron chi connectivity index (χ1n) is 4.07. The van der Waals surface area contributed by atoms with Gasteiger partial charge in [-0.15, -0.1) is 11.3 Å². The first kappa shape index (κ1) is 10.3. The summed E-state index contributed by atoms with van der Waals surface area (Å²) < 4.78 is 5.12. The molecule has 4 heteroatoms. The Morgan fingerprint density at radius 1 is 1.62 bits per heavy atom. The normalized spacial score (nSPS) is 12.9. The molecule has 0 amide bonds. The van der Waals surface area contributed by atoms with Crippen LogP contribution < -0.4 is 0 Å². The molecule has 13 heavy (non-hydrogen) atoms. The number of ether oxygens (including phenoxy) is 1. The van der Waals surface area contributed by atoms with Crippen LogP contribution in [0.4, 0.5) is 0 Å². The lowest BCUT2D eigenvalue weighted by Gasteiger charge is -2.03. The van der Waals surface area contributed by atoms with E-state index in [4.69, 9.17) is 4.74 Å². The van der Waals surface area contributed by atoms with Crippen molar-refractivity contribution in [3.8, 4) is 0 Å². The Morgan fingerprint density at radius 3 is 2.62 bits per heavy atom. The van der Waals surface area contributed by atoms with Gasteiger partial charge in [-0.25, -0.2) is 4.98 Å². The van der Waals surface area contributed by atoms with Gasteiger partial charge < -0.3 is 4.74 Å². The highest BCUT2D eigenvalue weighted by Gasteiger charge is 2.15. The number of aryl methyl sites for hydroxylation is 1. The Bertz CT molecular complexity index is 319. The molecular weight excluding hydrogens is 186 g/mol. The van der Waals surface area contributed by atoms with Crippen molar-refractivity contribution >= 4 is 17.1 Å². The van der Waals surface area contributed by atoms with Gasteiger partial charge in [0.05, 0.1) is 0 Å². The lowest BCUT2D eigenvalue weighted by molar-refractivity contribution is 0.101. The second kappa shape index (κ2) is 3.98. The first-order valence-corrected chi connectivity index (χ1v) is 4.89. The summed E-state index contributed by atoms with van der Waals surface area (Å²) in [5.41, 5.74) is 0.573. The fraction of sp³-hybridized carbons (Fsp3) is 0.556. The van der Waals surface area contributed by atoms with Crippen molar-refractivity contribution < 1.29 is 9.53 Å². The third-order valence-electron chi connectivity index (χ3n) is 1.85. The Hall–Kier alpha value is -0.740. The van der Waals surface area contributed by atoms with Crippen molar-refractivity contribution in [3.63, 3.8) is 0 Å². The maximum absolute atomic E-state index is 11.1. The molecule has 0 radical (unpaired) electrons. The quantitative estimate of drug-likeness (QED) is 0.701. The Kier molecular flexibility index (Phi) is 3.17. The topological polar surface area (TPSA) is 39.2 Å². The van der Waals surface area contributed by atoms with E-state index in [1.807, 2.05) is 13.8 Å². The van der Waals surface area contributed by atoms with Crippen molar-refractivity contribution in [3.05, 3.63) is 15.6 Å². The summed E-state index contributed by atoms with van der Waals surface area (Å²) in [4.78, 5) is 16.3. The van der Waals surface area contributed by atoms with Gasteiger partial charge in [-0.3, -0.25) is 4.79 Å². The van der Waals surface area contributed by atoms with E-state index in [0.717, 1.165) is 9.88 Å². The smallest absolute Gasteiger partial charge is 0.179 e.